The van der Waals surface area contributed by atoms with Gasteiger partial charge in [-0.15, -0.1) is 0 Å². The molecule has 0 atom stereocenters. The Labute approximate surface area is 164 Å². The molecule has 0 aromatic carbocycles. The molecule has 7 nitrogen and oxygen atoms in total. The molecule has 0 saturated heterocycles. The van der Waals surface area contributed by atoms with Gasteiger partial charge in [-0.1, -0.05) is 0 Å². The lowest BCUT2D eigenvalue weighted by Crippen LogP contribution is -1.92. The lowest BCUT2D eigenvalue weighted by atomic mass is 10.1. The predicted molar refractivity (Wildman–Crippen MR) is 109 cm³/mol. The highest BCUT2D eigenvalue weighted by Crippen LogP contribution is 2.25. The first-order valence-electron chi connectivity index (χ1n) is 9.03. The molecule has 6 aromatic rings. The molecule has 6 heterocycles. The zero-order valence-electron chi connectivity index (χ0n) is 15.0. The summed E-state index contributed by atoms with van der Waals surface area (Å²) in [5.41, 5.74) is 6.62. The Balaban J connectivity index is 1.47. The summed E-state index contributed by atoms with van der Waals surface area (Å²) >= 11 is 0. The maximum absolute atomic E-state index is 5.30. The molecule has 6 aromatic heterocycles. The van der Waals surface area contributed by atoms with Gasteiger partial charge in [0.15, 0.2) is 12.0 Å². The molecule has 0 bridgehead atoms. The zero-order valence-corrected chi connectivity index (χ0v) is 15.0. The standard InChI is InChI=1S/C22H12N6O/c1-2-13-3-4-15(27-21(13)23-9-1)14-10-20-16(24-11-14)5-6-17(26-20)18-7-8-19-22(28-18)29-12-25-19/h1-12H. The van der Waals surface area contributed by atoms with Gasteiger partial charge < -0.3 is 4.42 Å². The van der Waals surface area contributed by atoms with E-state index in [0.29, 0.717) is 11.4 Å². The van der Waals surface area contributed by atoms with Crippen LogP contribution in [0.2, 0.25) is 0 Å². The molecule has 0 aliphatic rings. The zero-order chi connectivity index (χ0) is 19.2. The Morgan fingerprint density at radius 3 is 2.48 bits per heavy atom. The minimum absolute atomic E-state index is 0.490. The van der Waals surface area contributed by atoms with Crippen LogP contribution in [0.3, 0.4) is 0 Å². The molecule has 0 N–H and O–H groups in total. The van der Waals surface area contributed by atoms with Crippen molar-refractivity contribution in [3.8, 4) is 22.6 Å². The van der Waals surface area contributed by atoms with Crippen molar-refractivity contribution in [3.63, 3.8) is 0 Å². The molecular formula is C22H12N6O. The summed E-state index contributed by atoms with van der Waals surface area (Å²) < 4.78 is 5.30. The van der Waals surface area contributed by atoms with E-state index < -0.39 is 0 Å². The third-order valence-electron chi connectivity index (χ3n) is 4.76. The average molecular weight is 376 g/mol. The van der Waals surface area contributed by atoms with Crippen molar-refractivity contribution in [1.29, 1.82) is 0 Å². The summed E-state index contributed by atoms with van der Waals surface area (Å²) in [5, 5.41) is 0.999. The lowest BCUT2D eigenvalue weighted by molar-refractivity contribution is 0.591. The fraction of sp³-hybridized carbons (Fsp3) is 0. The normalized spacial score (nSPS) is 11.4. The van der Waals surface area contributed by atoms with Crippen LogP contribution in [-0.4, -0.2) is 29.9 Å². The highest BCUT2D eigenvalue weighted by molar-refractivity contribution is 5.84. The van der Waals surface area contributed by atoms with Crippen molar-refractivity contribution in [2.24, 2.45) is 0 Å². The topological polar surface area (TPSA) is 90.5 Å². The third kappa shape index (κ3) is 2.68. The van der Waals surface area contributed by atoms with E-state index in [-0.39, 0.29) is 0 Å². The van der Waals surface area contributed by atoms with E-state index in [4.69, 9.17) is 9.40 Å². The lowest BCUT2D eigenvalue weighted by Gasteiger charge is -2.05. The number of fused-ring (bicyclic) bond motifs is 3. The van der Waals surface area contributed by atoms with E-state index in [1.54, 1.807) is 12.4 Å². The molecule has 0 fully saturated rings. The molecule has 136 valence electrons. The summed E-state index contributed by atoms with van der Waals surface area (Å²) in [4.78, 5) is 26.9. The van der Waals surface area contributed by atoms with Crippen LogP contribution in [0.4, 0.5) is 0 Å². The van der Waals surface area contributed by atoms with Gasteiger partial charge in [0.2, 0.25) is 5.71 Å². The van der Waals surface area contributed by atoms with Gasteiger partial charge >= 0.3 is 0 Å². The van der Waals surface area contributed by atoms with Gasteiger partial charge in [-0.05, 0) is 54.6 Å². The number of oxazole rings is 1. The molecular weight excluding hydrogens is 364 g/mol. The number of aromatic nitrogens is 6. The van der Waals surface area contributed by atoms with Crippen LogP contribution >= 0.6 is 0 Å². The summed E-state index contributed by atoms with van der Waals surface area (Å²) in [6.07, 6.45) is 4.93. The Hall–Kier alpha value is -4.26. The summed E-state index contributed by atoms with van der Waals surface area (Å²) in [6.45, 7) is 0. The monoisotopic (exact) mass is 376 g/mol. The molecule has 29 heavy (non-hydrogen) atoms. The maximum atomic E-state index is 5.30. The molecule has 0 spiro atoms. The molecule has 0 aliphatic carbocycles. The fourth-order valence-electron chi connectivity index (χ4n) is 3.30. The van der Waals surface area contributed by atoms with Gasteiger partial charge in [0, 0.05) is 23.3 Å². The van der Waals surface area contributed by atoms with E-state index in [1.807, 2.05) is 54.6 Å². The van der Waals surface area contributed by atoms with E-state index in [2.05, 4.69) is 24.9 Å². The Morgan fingerprint density at radius 2 is 1.52 bits per heavy atom. The van der Waals surface area contributed by atoms with Crippen LogP contribution in [0.5, 0.6) is 0 Å². The molecule has 0 aliphatic heterocycles. The second-order valence-electron chi connectivity index (χ2n) is 6.58. The quantitative estimate of drug-likeness (QED) is 0.441. The second-order valence-corrected chi connectivity index (χ2v) is 6.58. The fourth-order valence-corrected chi connectivity index (χ4v) is 3.30. The molecule has 6 rings (SSSR count). The number of pyridine rings is 5. The van der Waals surface area contributed by atoms with E-state index in [9.17, 15) is 0 Å². The van der Waals surface area contributed by atoms with Crippen LogP contribution in [0.15, 0.2) is 77.8 Å². The second kappa shape index (κ2) is 6.13. The van der Waals surface area contributed by atoms with Gasteiger partial charge in [-0.2, -0.15) is 0 Å². The van der Waals surface area contributed by atoms with Crippen molar-refractivity contribution in [2.75, 3.05) is 0 Å². The van der Waals surface area contributed by atoms with Crippen molar-refractivity contribution < 1.29 is 4.42 Å². The van der Waals surface area contributed by atoms with Crippen LogP contribution in [0, 0.1) is 0 Å². The largest absolute Gasteiger partial charge is 0.425 e. The van der Waals surface area contributed by atoms with Crippen molar-refractivity contribution in [1.82, 2.24) is 29.9 Å². The Bertz CT molecular complexity index is 1520. The summed E-state index contributed by atoms with van der Waals surface area (Å²) in [7, 11) is 0. The molecule has 0 unspecified atom stereocenters. The van der Waals surface area contributed by atoms with E-state index >= 15 is 0 Å². The molecule has 0 saturated carbocycles. The minimum atomic E-state index is 0.490. The Morgan fingerprint density at radius 1 is 0.655 bits per heavy atom. The molecule has 0 radical (unpaired) electrons. The summed E-state index contributed by atoms with van der Waals surface area (Å²) in [6, 6.07) is 17.4. The first kappa shape index (κ1) is 15.8. The highest BCUT2D eigenvalue weighted by atomic mass is 16.3. The smallest absolute Gasteiger partial charge is 0.247 e. The summed E-state index contributed by atoms with van der Waals surface area (Å²) in [5.74, 6) is 0. The molecule has 0 amide bonds. The maximum Gasteiger partial charge on any atom is 0.247 e. The minimum Gasteiger partial charge on any atom is -0.425 e. The van der Waals surface area contributed by atoms with Crippen molar-refractivity contribution in [2.45, 2.75) is 0 Å². The van der Waals surface area contributed by atoms with E-state index in [0.717, 1.165) is 44.6 Å². The molecule has 7 heteroatoms. The average Bonchev–Trinajstić information content (AvgIpc) is 3.26. The van der Waals surface area contributed by atoms with Crippen molar-refractivity contribution in [3.05, 3.63) is 73.4 Å². The van der Waals surface area contributed by atoms with Crippen LogP contribution in [0.25, 0.3) is 55.9 Å². The van der Waals surface area contributed by atoms with Gasteiger partial charge in [-0.3, -0.25) is 4.98 Å². The number of hydrogen-bond acceptors (Lipinski definition) is 7. The van der Waals surface area contributed by atoms with Gasteiger partial charge in [0.05, 0.1) is 28.1 Å². The number of rotatable bonds is 2. The Kier molecular flexibility index (Phi) is 3.33. The van der Waals surface area contributed by atoms with E-state index in [1.165, 1.54) is 6.39 Å². The number of hydrogen-bond donors (Lipinski definition) is 0. The van der Waals surface area contributed by atoms with Gasteiger partial charge in [0.25, 0.3) is 0 Å². The van der Waals surface area contributed by atoms with Crippen LogP contribution in [-0.2, 0) is 0 Å². The number of nitrogens with zero attached hydrogens (tertiary/aromatic N) is 6. The van der Waals surface area contributed by atoms with Crippen LogP contribution in [0.1, 0.15) is 0 Å². The SMILES string of the molecule is c1cnc2nc(-c3cnc4ccc(-c5ccc6ncoc6n5)nc4c3)ccc2c1. The van der Waals surface area contributed by atoms with Crippen molar-refractivity contribution >= 4 is 33.3 Å². The first-order chi connectivity index (χ1) is 14.3. The van der Waals surface area contributed by atoms with Crippen LogP contribution < -0.4 is 0 Å². The predicted octanol–water partition coefficient (Wildman–Crippen LogP) is 4.44. The van der Waals surface area contributed by atoms with Gasteiger partial charge in [0.1, 0.15) is 5.52 Å². The highest BCUT2D eigenvalue weighted by Gasteiger charge is 2.09. The first-order valence-corrected chi connectivity index (χ1v) is 9.03. The third-order valence-corrected chi connectivity index (χ3v) is 4.76. The van der Waals surface area contributed by atoms with Gasteiger partial charge in [-0.25, -0.2) is 24.9 Å².